The third-order valence-corrected chi connectivity index (χ3v) is 6.46. The molecule has 0 unspecified atom stereocenters. The van der Waals surface area contributed by atoms with Gasteiger partial charge in [0.15, 0.2) is 6.61 Å². The Hall–Kier alpha value is -3.42. The van der Waals surface area contributed by atoms with Crippen LogP contribution in [0, 0.1) is 6.92 Å². The summed E-state index contributed by atoms with van der Waals surface area (Å²) < 4.78 is 11.2. The van der Waals surface area contributed by atoms with Crippen LogP contribution in [0.5, 0.6) is 5.75 Å². The fourth-order valence-electron chi connectivity index (χ4n) is 4.52. The van der Waals surface area contributed by atoms with Gasteiger partial charge in [0.25, 0.3) is 5.91 Å². The van der Waals surface area contributed by atoms with E-state index in [1.165, 1.54) is 12.8 Å². The molecule has 8 heteroatoms. The van der Waals surface area contributed by atoms with E-state index in [2.05, 4.69) is 20.0 Å². The van der Waals surface area contributed by atoms with Crippen molar-refractivity contribution in [3.05, 3.63) is 54.0 Å². The summed E-state index contributed by atoms with van der Waals surface area (Å²) >= 11 is 0. The van der Waals surface area contributed by atoms with Gasteiger partial charge in [-0.15, -0.1) is 0 Å². The van der Waals surface area contributed by atoms with E-state index in [4.69, 9.17) is 9.26 Å². The molecule has 0 N–H and O–H groups in total. The van der Waals surface area contributed by atoms with Gasteiger partial charge >= 0.3 is 0 Å². The summed E-state index contributed by atoms with van der Waals surface area (Å²) in [6.07, 6.45) is 6.52. The lowest BCUT2D eigenvalue weighted by Crippen LogP contribution is -2.50. The Balaban J connectivity index is 1.13. The molecule has 3 heterocycles. The summed E-state index contributed by atoms with van der Waals surface area (Å²) in [7, 11) is 0. The minimum Gasteiger partial charge on any atom is -0.484 e. The number of hydrogen-bond acceptors (Lipinski definition) is 7. The molecule has 1 aromatic carbocycles. The van der Waals surface area contributed by atoms with Gasteiger partial charge in [0.2, 0.25) is 11.7 Å². The van der Waals surface area contributed by atoms with E-state index in [-0.39, 0.29) is 12.5 Å². The van der Waals surface area contributed by atoms with Crippen LogP contribution >= 0.6 is 0 Å². The highest BCUT2D eigenvalue weighted by molar-refractivity contribution is 5.78. The summed E-state index contributed by atoms with van der Waals surface area (Å²) in [4.78, 5) is 25.8. The molecular formula is C25H29N5O3. The van der Waals surface area contributed by atoms with E-state index in [1.807, 2.05) is 48.2 Å². The maximum atomic E-state index is 12.5. The van der Waals surface area contributed by atoms with Crippen LogP contribution < -0.4 is 9.64 Å². The zero-order valence-corrected chi connectivity index (χ0v) is 18.9. The minimum absolute atomic E-state index is 0.00892. The first-order valence-electron chi connectivity index (χ1n) is 11.7. The van der Waals surface area contributed by atoms with E-state index in [0.29, 0.717) is 24.8 Å². The van der Waals surface area contributed by atoms with Crippen molar-refractivity contribution in [3.63, 3.8) is 0 Å². The quantitative estimate of drug-likeness (QED) is 0.568. The first kappa shape index (κ1) is 21.4. The highest BCUT2D eigenvalue weighted by Gasteiger charge is 2.24. The Morgan fingerprint density at radius 3 is 2.67 bits per heavy atom. The van der Waals surface area contributed by atoms with Crippen LogP contribution in [0.4, 0.5) is 5.82 Å². The molecule has 1 amide bonds. The largest absolute Gasteiger partial charge is 0.484 e. The van der Waals surface area contributed by atoms with Gasteiger partial charge in [-0.3, -0.25) is 4.79 Å². The summed E-state index contributed by atoms with van der Waals surface area (Å²) in [5, 5.41) is 4.15. The van der Waals surface area contributed by atoms with Crippen LogP contribution in [0.3, 0.4) is 0 Å². The van der Waals surface area contributed by atoms with Gasteiger partial charge in [0.1, 0.15) is 11.6 Å². The molecule has 1 saturated heterocycles. The smallest absolute Gasteiger partial charge is 0.260 e. The highest BCUT2D eigenvalue weighted by atomic mass is 16.5. The number of carbonyl (C=O) groups is 1. The molecule has 2 aliphatic rings. The van der Waals surface area contributed by atoms with Crippen LogP contribution in [0.25, 0.3) is 11.4 Å². The third-order valence-electron chi connectivity index (χ3n) is 6.46. The number of amides is 1. The maximum Gasteiger partial charge on any atom is 0.260 e. The second kappa shape index (κ2) is 9.60. The zero-order chi connectivity index (χ0) is 22.6. The van der Waals surface area contributed by atoms with Gasteiger partial charge in [-0.05, 0) is 49.6 Å². The molecule has 1 aliphatic heterocycles. The third kappa shape index (κ3) is 4.99. The number of hydrogen-bond donors (Lipinski definition) is 0. The van der Waals surface area contributed by atoms with Crippen molar-refractivity contribution in [1.82, 2.24) is 20.0 Å². The average molecular weight is 448 g/mol. The van der Waals surface area contributed by atoms with Crippen LogP contribution in [0.1, 0.15) is 43.1 Å². The molecule has 5 rings (SSSR count). The number of piperazine rings is 1. The molecule has 0 atom stereocenters. The fourth-order valence-corrected chi connectivity index (χ4v) is 4.52. The van der Waals surface area contributed by atoms with E-state index in [9.17, 15) is 4.79 Å². The van der Waals surface area contributed by atoms with Gasteiger partial charge in [-0.1, -0.05) is 30.1 Å². The predicted molar refractivity (Wildman–Crippen MR) is 124 cm³/mol. The number of benzene rings is 1. The number of carbonyl (C=O) groups excluding carboxylic acids is 1. The van der Waals surface area contributed by atoms with Crippen LogP contribution in [-0.4, -0.2) is 58.7 Å². The zero-order valence-electron chi connectivity index (χ0n) is 18.9. The van der Waals surface area contributed by atoms with Gasteiger partial charge in [0, 0.05) is 43.9 Å². The van der Waals surface area contributed by atoms with E-state index in [1.54, 1.807) is 6.20 Å². The second-order valence-electron chi connectivity index (χ2n) is 8.82. The molecule has 0 spiro atoms. The van der Waals surface area contributed by atoms with Gasteiger partial charge < -0.3 is 19.1 Å². The summed E-state index contributed by atoms with van der Waals surface area (Å²) in [5.74, 6) is 3.37. The molecule has 172 valence electrons. The van der Waals surface area contributed by atoms with E-state index < -0.39 is 0 Å². The van der Waals surface area contributed by atoms with Gasteiger partial charge in [0.05, 0.1) is 0 Å². The van der Waals surface area contributed by atoms with Crippen LogP contribution in [0.15, 0.2) is 47.1 Å². The Morgan fingerprint density at radius 2 is 1.94 bits per heavy atom. The number of aromatic nitrogens is 3. The summed E-state index contributed by atoms with van der Waals surface area (Å²) in [5.41, 5.74) is 1.97. The number of aryl methyl sites for hydroxylation is 1. The lowest BCUT2D eigenvalue weighted by atomic mass is 10.1. The molecule has 1 saturated carbocycles. The normalized spacial score (nSPS) is 16.9. The molecule has 2 aromatic heterocycles. The topological polar surface area (TPSA) is 84.6 Å². The number of rotatable bonds is 6. The monoisotopic (exact) mass is 447 g/mol. The summed E-state index contributed by atoms with van der Waals surface area (Å²) in [6, 6.07) is 11.7. The summed E-state index contributed by atoms with van der Waals surface area (Å²) in [6.45, 7) is 4.82. The van der Waals surface area contributed by atoms with Gasteiger partial charge in [-0.25, -0.2) is 4.98 Å². The number of pyridine rings is 1. The van der Waals surface area contributed by atoms with Crippen molar-refractivity contribution in [3.8, 4) is 17.1 Å². The second-order valence-corrected chi connectivity index (χ2v) is 8.82. The van der Waals surface area contributed by atoms with Crippen molar-refractivity contribution in [2.75, 3.05) is 37.7 Å². The predicted octanol–water partition coefficient (Wildman–Crippen LogP) is 3.83. The molecule has 0 bridgehead atoms. The van der Waals surface area contributed by atoms with E-state index >= 15 is 0 Å². The lowest BCUT2D eigenvalue weighted by molar-refractivity contribution is -0.133. The Bertz CT molecular complexity index is 1080. The lowest BCUT2D eigenvalue weighted by Gasteiger charge is -2.35. The fraction of sp³-hybridized carbons (Fsp3) is 0.440. The molecule has 1 aliphatic carbocycles. The van der Waals surface area contributed by atoms with E-state index in [0.717, 1.165) is 54.5 Å². The molecule has 8 nitrogen and oxygen atoms in total. The van der Waals surface area contributed by atoms with Crippen molar-refractivity contribution >= 4 is 11.7 Å². The molecule has 3 aromatic rings. The minimum atomic E-state index is 0.00892. The van der Waals surface area contributed by atoms with Crippen LogP contribution in [-0.2, 0) is 4.79 Å². The first-order chi connectivity index (χ1) is 16.2. The Kier molecular flexibility index (Phi) is 6.24. The van der Waals surface area contributed by atoms with Crippen molar-refractivity contribution in [1.29, 1.82) is 0 Å². The van der Waals surface area contributed by atoms with Crippen molar-refractivity contribution < 1.29 is 14.1 Å². The number of ether oxygens (including phenoxy) is 1. The molecule has 33 heavy (non-hydrogen) atoms. The van der Waals surface area contributed by atoms with Crippen LogP contribution in [0.2, 0.25) is 0 Å². The Labute approximate surface area is 193 Å². The van der Waals surface area contributed by atoms with Gasteiger partial charge in [-0.2, -0.15) is 4.98 Å². The SMILES string of the molecule is Cc1cccc(OCC(=O)N2CCN(c3ccc(-c4noc(C5CCCC5)n4)cn3)CC2)c1. The molecule has 0 radical (unpaired) electrons. The standard InChI is InChI=1S/C25H29N5O3/c1-18-5-4-8-21(15-18)32-17-23(31)30-13-11-29(12-14-30)22-10-9-20(16-26-22)24-27-25(33-28-24)19-6-2-3-7-19/h4-5,8-10,15-16,19H,2-3,6-7,11-14,17H2,1H3. The number of nitrogens with zero attached hydrogens (tertiary/aromatic N) is 5. The Morgan fingerprint density at radius 1 is 1.12 bits per heavy atom. The first-order valence-corrected chi connectivity index (χ1v) is 11.7. The maximum absolute atomic E-state index is 12.5. The number of anilines is 1. The van der Waals surface area contributed by atoms with Crippen molar-refractivity contribution in [2.45, 2.75) is 38.5 Å². The molecular weight excluding hydrogens is 418 g/mol. The molecule has 2 fully saturated rings. The highest BCUT2D eigenvalue weighted by Crippen LogP contribution is 2.34. The van der Waals surface area contributed by atoms with Crippen molar-refractivity contribution in [2.24, 2.45) is 0 Å². The average Bonchev–Trinajstić information content (AvgIpc) is 3.55.